The molecule has 0 N–H and O–H groups in total. The quantitative estimate of drug-likeness (QED) is 0.178. The summed E-state index contributed by atoms with van der Waals surface area (Å²) in [4.78, 5) is 31.0. The molecule has 0 amide bonds. The minimum Gasteiger partial charge on any atom is -0.299 e. The Kier molecular flexibility index (Phi) is 6.60. The van der Waals surface area contributed by atoms with Crippen LogP contribution in [0.3, 0.4) is 0 Å². The monoisotopic (exact) mass is 657 g/mol. The molecular weight excluding hydrogens is 631 g/mol. The summed E-state index contributed by atoms with van der Waals surface area (Å²) in [6.45, 7) is 0. The highest BCUT2D eigenvalue weighted by Gasteiger charge is 2.24. The summed E-state index contributed by atoms with van der Waals surface area (Å²) in [5.74, 6) is 3.67. The van der Waals surface area contributed by atoms with E-state index in [0.717, 1.165) is 50.7 Å². The molecule has 0 radical (unpaired) electrons. The second-order valence-corrected chi connectivity index (χ2v) is 12.1. The molecule has 0 saturated carbocycles. The van der Waals surface area contributed by atoms with E-state index in [2.05, 4.69) is 49.6 Å². The summed E-state index contributed by atoms with van der Waals surface area (Å²) in [5.41, 5.74) is 7.49. The molecule has 0 fully saturated rings. The van der Waals surface area contributed by atoms with E-state index in [1.807, 2.05) is 128 Å². The molecule has 10 aromatic rings. The average molecular weight is 658 g/mol. The van der Waals surface area contributed by atoms with Crippen molar-refractivity contribution in [2.24, 2.45) is 0 Å². The van der Waals surface area contributed by atoms with Gasteiger partial charge < -0.3 is 0 Å². The van der Waals surface area contributed by atoms with Crippen LogP contribution < -0.4 is 0 Å². The van der Waals surface area contributed by atoms with Gasteiger partial charge >= 0.3 is 0 Å². The van der Waals surface area contributed by atoms with Crippen molar-refractivity contribution >= 4 is 16.6 Å². The van der Waals surface area contributed by atoms with Crippen LogP contribution in [0.1, 0.15) is 0 Å². The molecular formula is C42H27N9. The first-order valence-electron chi connectivity index (χ1n) is 16.6. The molecule has 0 aliphatic heterocycles. The molecule has 0 spiro atoms. The molecule has 0 bridgehead atoms. The van der Waals surface area contributed by atoms with Crippen molar-refractivity contribution in [1.82, 2.24) is 43.1 Å². The molecule has 240 valence electrons. The van der Waals surface area contributed by atoms with Gasteiger partial charge in [-0.1, -0.05) is 109 Å². The zero-order valence-corrected chi connectivity index (χ0v) is 27.1. The molecule has 0 aliphatic carbocycles. The largest absolute Gasteiger partial charge is 0.299 e. The fourth-order valence-electron chi connectivity index (χ4n) is 6.67. The van der Waals surface area contributed by atoms with Gasteiger partial charge in [0.1, 0.15) is 34.6 Å². The third kappa shape index (κ3) is 4.79. The number of fused-ring (bicyclic) bond motifs is 3. The summed E-state index contributed by atoms with van der Waals surface area (Å²) in [7, 11) is 0. The number of pyridine rings is 3. The highest BCUT2D eigenvalue weighted by molar-refractivity contribution is 5.85. The van der Waals surface area contributed by atoms with E-state index in [1.54, 1.807) is 0 Å². The van der Waals surface area contributed by atoms with E-state index in [9.17, 15) is 0 Å². The number of rotatable bonds is 6. The summed E-state index contributed by atoms with van der Waals surface area (Å²) in [6, 6.07) is 48.6. The van der Waals surface area contributed by atoms with Crippen molar-refractivity contribution in [2.45, 2.75) is 0 Å². The Morgan fingerprint density at radius 1 is 0.275 bits per heavy atom. The summed E-state index contributed by atoms with van der Waals surface area (Å²) in [6.07, 6.45) is 6.05. The van der Waals surface area contributed by atoms with Gasteiger partial charge in [-0.3, -0.25) is 13.2 Å². The van der Waals surface area contributed by atoms with Gasteiger partial charge in [0.25, 0.3) is 0 Å². The number of imidazole rings is 3. The molecule has 0 saturated heterocycles. The van der Waals surface area contributed by atoms with Crippen LogP contribution in [0.15, 0.2) is 164 Å². The molecule has 3 aromatic carbocycles. The smallest absolute Gasteiger partial charge is 0.184 e. The van der Waals surface area contributed by atoms with Crippen molar-refractivity contribution in [3.8, 4) is 68.7 Å². The Labute approximate surface area is 291 Å². The Morgan fingerprint density at radius 2 is 0.549 bits per heavy atom. The van der Waals surface area contributed by atoms with Gasteiger partial charge in [0.2, 0.25) is 0 Å². The number of hydrogen-bond donors (Lipinski definition) is 0. The van der Waals surface area contributed by atoms with Crippen LogP contribution >= 0.6 is 0 Å². The zero-order chi connectivity index (χ0) is 33.7. The third-order valence-corrected chi connectivity index (χ3v) is 9.01. The van der Waals surface area contributed by atoms with Gasteiger partial charge in [-0.25, -0.2) is 29.9 Å². The predicted octanol–water partition coefficient (Wildman–Crippen LogP) is 8.82. The highest BCUT2D eigenvalue weighted by atomic mass is 15.1. The maximum atomic E-state index is 5.19. The minimum atomic E-state index is 0.428. The topological polar surface area (TPSA) is 90.6 Å². The summed E-state index contributed by atoms with van der Waals surface area (Å²) >= 11 is 0. The summed E-state index contributed by atoms with van der Waals surface area (Å²) in [5, 5.41) is 0. The lowest BCUT2D eigenvalue weighted by atomic mass is 10.2. The van der Waals surface area contributed by atoms with E-state index in [1.165, 1.54) is 0 Å². The maximum Gasteiger partial charge on any atom is 0.184 e. The van der Waals surface area contributed by atoms with Gasteiger partial charge in [-0.05, 0) is 36.4 Å². The molecule has 0 atom stereocenters. The Balaban J connectivity index is 1.26. The summed E-state index contributed by atoms with van der Waals surface area (Å²) < 4.78 is 6.23. The van der Waals surface area contributed by atoms with Crippen LogP contribution in [-0.4, -0.2) is 43.1 Å². The first-order chi connectivity index (χ1) is 25.3. The lowest BCUT2D eigenvalue weighted by Crippen LogP contribution is -2.02. The van der Waals surface area contributed by atoms with E-state index < -0.39 is 0 Å². The van der Waals surface area contributed by atoms with Gasteiger partial charge in [0, 0.05) is 35.3 Å². The van der Waals surface area contributed by atoms with Crippen LogP contribution in [0, 0.1) is 0 Å². The lowest BCUT2D eigenvalue weighted by Gasteiger charge is -2.05. The molecule has 10 rings (SSSR count). The molecule has 0 aliphatic rings. The van der Waals surface area contributed by atoms with Crippen LogP contribution in [0.2, 0.25) is 0 Å². The van der Waals surface area contributed by atoms with Gasteiger partial charge in [0.15, 0.2) is 17.5 Å². The standard InChI is InChI=1S/C42H27N9/c1-4-16-28(17-5-1)40-43-34(31-22-10-13-25-49(31)40)37-46-38(35-32-23-11-14-26-50(32)41(44-35)29-18-6-2-7-19-29)48-39(47-37)36-33-24-12-15-27-51(33)42(45-36)30-20-8-3-9-21-30/h1-27H. The fourth-order valence-corrected chi connectivity index (χ4v) is 6.67. The third-order valence-electron chi connectivity index (χ3n) is 9.01. The molecule has 0 unspecified atom stereocenters. The number of aromatic nitrogens is 9. The van der Waals surface area contributed by atoms with Crippen molar-refractivity contribution in [3.05, 3.63) is 164 Å². The van der Waals surface area contributed by atoms with Crippen molar-refractivity contribution in [1.29, 1.82) is 0 Å². The van der Waals surface area contributed by atoms with E-state index in [-0.39, 0.29) is 0 Å². The fraction of sp³-hybridized carbons (Fsp3) is 0. The van der Waals surface area contributed by atoms with Crippen LogP contribution in [0.4, 0.5) is 0 Å². The first kappa shape index (κ1) is 28.7. The van der Waals surface area contributed by atoms with Crippen LogP contribution in [-0.2, 0) is 0 Å². The van der Waals surface area contributed by atoms with Crippen molar-refractivity contribution < 1.29 is 0 Å². The Hall–Kier alpha value is -7.26. The molecule has 9 nitrogen and oxygen atoms in total. The molecule has 7 aromatic heterocycles. The van der Waals surface area contributed by atoms with Gasteiger partial charge in [-0.15, -0.1) is 0 Å². The number of hydrogen-bond acceptors (Lipinski definition) is 6. The maximum absolute atomic E-state index is 5.19. The van der Waals surface area contributed by atoms with Gasteiger partial charge in [-0.2, -0.15) is 0 Å². The highest BCUT2D eigenvalue weighted by Crippen LogP contribution is 2.34. The van der Waals surface area contributed by atoms with E-state index in [4.69, 9.17) is 29.9 Å². The van der Waals surface area contributed by atoms with E-state index >= 15 is 0 Å². The lowest BCUT2D eigenvalue weighted by molar-refractivity contribution is 1.05. The molecule has 51 heavy (non-hydrogen) atoms. The van der Waals surface area contributed by atoms with Crippen LogP contribution in [0.5, 0.6) is 0 Å². The Morgan fingerprint density at radius 3 is 0.843 bits per heavy atom. The predicted molar refractivity (Wildman–Crippen MR) is 199 cm³/mol. The second kappa shape index (κ2) is 11.7. The van der Waals surface area contributed by atoms with Gasteiger partial charge in [0.05, 0.1) is 16.6 Å². The number of benzene rings is 3. The minimum absolute atomic E-state index is 0.428. The average Bonchev–Trinajstić information content (AvgIpc) is 3.91. The SMILES string of the molecule is c1ccc(-c2nc(-c3nc(-c4nc(-c5ccccc5)n5ccccc45)nc(-c4nc(-c5ccccc5)n5ccccc45)n3)c3ccccn23)cc1. The first-order valence-corrected chi connectivity index (χ1v) is 16.6. The molecule has 9 heteroatoms. The number of nitrogens with zero attached hydrogens (tertiary/aromatic N) is 9. The zero-order valence-electron chi connectivity index (χ0n) is 27.1. The Bertz CT molecular complexity index is 2530. The van der Waals surface area contributed by atoms with Crippen molar-refractivity contribution in [3.63, 3.8) is 0 Å². The van der Waals surface area contributed by atoms with E-state index in [0.29, 0.717) is 34.6 Å². The second-order valence-electron chi connectivity index (χ2n) is 12.1. The van der Waals surface area contributed by atoms with Crippen LogP contribution in [0.25, 0.3) is 85.3 Å². The normalized spacial score (nSPS) is 11.5. The van der Waals surface area contributed by atoms with Crippen molar-refractivity contribution in [2.75, 3.05) is 0 Å². The molecule has 7 heterocycles.